The Kier molecular flexibility index (Phi) is 9.21. The molecule has 44 heavy (non-hydrogen) atoms. The van der Waals surface area contributed by atoms with Crippen LogP contribution in [0.15, 0.2) is 133 Å². The molecular weight excluding hydrogens is 628 g/mol. The molecule has 6 rings (SSSR count). The van der Waals surface area contributed by atoms with Gasteiger partial charge in [-0.2, -0.15) is 5.10 Å². The van der Waals surface area contributed by atoms with Gasteiger partial charge in [-0.25, -0.2) is 19.0 Å². The van der Waals surface area contributed by atoms with Crippen LogP contribution in [-0.4, -0.2) is 34.6 Å². The van der Waals surface area contributed by atoms with Gasteiger partial charge < -0.3 is 5.11 Å². The van der Waals surface area contributed by atoms with Crippen LogP contribution in [0.2, 0.25) is 0 Å². The van der Waals surface area contributed by atoms with Crippen molar-refractivity contribution in [2.75, 3.05) is 0 Å². The van der Waals surface area contributed by atoms with E-state index in [0.29, 0.717) is 6.54 Å². The molecule has 0 aliphatic rings. The van der Waals surface area contributed by atoms with Crippen LogP contribution in [0.4, 0.5) is 0 Å². The maximum atomic E-state index is 11.7. The molecule has 6 aromatic rings. The number of H-pyrrole nitrogens is 2. The standard InChI is InChI=1S/C16H12BrN3O2.C16H13N3O3/c17-14-15(21)18-16(22)20(19-14)10-11-6-8-13(9-7-11)12-4-2-1-3-5-12;20-14-15(21)18-19(16(22)17-14)10-11-6-8-13(9-7-11)12-4-2-1-3-5-12/h1-9H,10H2,(H,18,21,22);1-9H,10H2,(H,18,21)(H,17,20,22). The van der Waals surface area contributed by atoms with Crippen molar-refractivity contribution in [1.82, 2.24) is 29.5 Å². The van der Waals surface area contributed by atoms with Crippen LogP contribution in [-0.2, 0) is 13.1 Å². The highest BCUT2D eigenvalue weighted by atomic mass is 79.9. The Morgan fingerprint density at radius 3 is 1.39 bits per heavy atom. The second kappa shape index (κ2) is 13.6. The van der Waals surface area contributed by atoms with Gasteiger partial charge in [-0.3, -0.25) is 19.6 Å². The largest absolute Gasteiger partial charge is 0.488 e. The Balaban J connectivity index is 0.000000175. The fourth-order valence-corrected chi connectivity index (χ4v) is 4.55. The number of hydrogen-bond acceptors (Lipinski definition) is 7. The molecular formula is C32H25BrN6O5. The summed E-state index contributed by atoms with van der Waals surface area (Å²) in [6, 6.07) is 35.5. The van der Waals surface area contributed by atoms with Crippen molar-refractivity contribution in [2.24, 2.45) is 0 Å². The first kappa shape index (κ1) is 29.9. The van der Waals surface area contributed by atoms with Crippen molar-refractivity contribution in [3.8, 4) is 28.1 Å². The summed E-state index contributed by atoms with van der Waals surface area (Å²) in [4.78, 5) is 49.9. The van der Waals surface area contributed by atoms with Gasteiger partial charge in [0.2, 0.25) is 0 Å². The third-order valence-corrected chi connectivity index (χ3v) is 7.03. The average Bonchev–Trinajstić information content (AvgIpc) is 3.04. The number of rotatable bonds is 6. The number of halogens is 1. The quantitative estimate of drug-likeness (QED) is 0.247. The monoisotopic (exact) mass is 652 g/mol. The van der Waals surface area contributed by atoms with Crippen LogP contribution < -0.4 is 22.5 Å². The van der Waals surface area contributed by atoms with Crippen LogP contribution in [0.3, 0.4) is 0 Å². The Morgan fingerprint density at radius 2 is 0.932 bits per heavy atom. The molecule has 0 saturated carbocycles. The minimum atomic E-state index is -0.888. The smallest absolute Gasteiger partial charge is 0.345 e. The number of aromatic amines is 2. The van der Waals surface area contributed by atoms with E-state index in [2.05, 4.69) is 31.1 Å². The fourth-order valence-electron chi connectivity index (χ4n) is 4.26. The lowest BCUT2D eigenvalue weighted by Gasteiger charge is -2.06. The van der Waals surface area contributed by atoms with Crippen molar-refractivity contribution in [2.45, 2.75) is 13.1 Å². The Morgan fingerprint density at radius 1 is 0.545 bits per heavy atom. The van der Waals surface area contributed by atoms with E-state index in [-0.39, 0.29) is 11.1 Å². The highest BCUT2D eigenvalue weighted by Gasteiger charge is 2.07. The molecule has 0 atom stereocenters. The van der Waals surface area contributed by atoms with Gasteiger partial charge in [0.1, 0.15) is 0 Å². The molecule has 0 bridgehead atoms. The van der Waals surface area contributed by atoms with E-state index in [0.717, 1.165) is 38.1 Å². The van der Waals surface area contributed by atoms with Gasteiger partial charge in [-0.1, -0.05) is 109 Å². The van der Waals surface area contributed by atoms with E-state index in [4.69, 9.17) is 0 Å². The first-order valence-corrected chi connectivity index (χ1v) is 14.1. The van der Waals surface area contributed by atoms with E-state index >= 15 is 0 Å². The van der Waals surface area contributed by atoms with Crippen LogP contribution in [0.25, 0.3) is 22.3 Å². The molecule has 0 amide bonds. The van der Waals surface area contributed by atoms with Gasteiger partial charge in [0, 0.05) is 0 Å². The second-order valence-electron chi connectivity index (χ2n) is 9.57. The maximum Gasteiger partial charge on any atom is 0.345 e. The van der Waals surface area contributed by atoms with Gasteiger partial charge in [0.15, 0.2) is 4.60 Å². The van der Waals surface area contributed by atoms with E-state index in [1.165, 1.54) is 4.68 Å². The molecule has 0 unspecified atom stereocenters. The van der Waals surface area contributed by atoms with Crippen molar-refractivity contribution in [3.63, 3.8) is 0 Å². The van der Waals surface area contributed by atoms with Crippen LogP contribution >= 0.6 is 15.9 Å². The summed E-state index contributed by atoms with van der Waals surface area (Å²) in [6.07, 6.45) is 0. The number of hydrogen-bond donors (Lipinski definition) is 3. The zero-order chi connectivity index (χ0) is 31.1. The molecule has 0 radical (unpaired) electrons. The first-order valence-electron chi connectivity index (χ1n) is 13.3. The molecule has 0 aliphatic heterocycles. The van der Waals surface area contributed by atoms with Crippen molar-refractivity contribution < 1.29 is 5.11 Å². The predicted molar refractivity (Wildman–Crippen MR) is 170 cm³/mol. The normalized spacial score (nSPS) is 10.6. The molecule has 2 heterocycles. The molecule has 0 fully saturated rings. The van der Waals surface area contributed by atoms with Crippen molar-refractivity contribution in [3.05, 3.63) is 167 Å². The lowest BCUT2D eigenvalue weighted by atomic mass is 10.0. The van der Waals surface area contributed by atoms with Crippen LogP contribution in [0.5, 0.6) is 5.88 Å². The molecule has 12 heteroatoms. The number of nitrogens with one attached hydrogen (secondary N) is 2. The lowest BCUT2D eigenvalue weighted by molar-refractivity contribution is 0.409. The molecule has 2 aromatic heterocycles. The highest BCUT2D eigenvalue weighted by molar-refractivity contribution is 9.10. The minimum Gasteiger partial charge on any atom is -0.488 e. The van der Waals surface area contributed by atoms with E-state index < -0.39 is 28.4 Å². The zero-order valence-corrected chi connectivity index (χ0v) is 24.6. The van der Waals surface area contributed by atoms with Crippen molar-refractivity contribution in [1.29, 1.82) is 0 Å². The minimum absolute atomic E-state index is 0.0907. The van der Waals surface area contributed by atoms with Crippen LogP contribution in [0, 0.1) is 0 Å². The molecule has 0 spiro atoms. The van der Waals surface area contributed by atoms with E-state index in [9.17, 15) is 24.3 Å². The van der Waals surface area contributed by atoms with Crippen molar-refractivity contribution >= 4 is 15.9 Å². The van der Waals surface area contributed by atoms with Gasteiger partial charge in [-0.15, -0.1) is 5.10 Å². The fraction of sp³-hybridized carbons (Fsp3) is 0.0625. The molecule has 11 nitrogen and oxygen atoms in total. The third kappa shape index (κ3) is 7.41. The summed E-state index contributed by atoms with van der Waals surface area (Å²) in [7, 11) is 0. The average molecular weight is 653 g/mol. The van der Waals surface area contributed by atoms with Gasteiger partial charge in [-0.05, 0) is 49.3 Å². The zero-order valence-electron chi connectivity index (χ0n) is 23.1. The van der Waals surface area contributed by atoms with Crippen LogP contribution in [0.1, 0.15) is 11.1 Å². The summed E-state index contributed by atoms with van der Waals surface area (Å²) in [6.45, 7) is 0.460. The summed E-state index contributed by atoms with van der Waals surface area (Å²) in [5.41, 5.74) is 3.56. The Hall–Kier alpha value is -5.62. The predicted octanol–water partition coefficient (Wildman–Crippen LogP) is 3.76. The Bertz CT molecular complexity index is 1950. The third-order valence-electron chi connectivity index (χ3n) is 6.51. The van der Waals surface area contributed by atoms with E-state index in [1.807, 2.05) is 114 Å². The summed E-state index contributed by atoms with van der Waals surface area (Å²) < 4.78 is 2.31. The van der Waals surface area contributed by atoms with Gasteiger partial charge in [0.25, 0.3) is 11.4 Å². The topological polar surface area (TPSA) is 156 Å². The molecule has 3 N–H and O–H groups in total. The van der Waals surface area contributed by atoms with Gasteiger partial charge >= 0.3 is 16.9 Å². The SMILES string of the molecule is O=c1[nH]c(=O)n(Cc2ccc(-c3ccccc3)cc2)nc1Br.O=c1[nH]c(=O)n(Cc2ccc(-c3ccccc3)cc2)nc1O. The summed E-state index contributed by atoms with van der Waals surface area (Å²) in [5.74, 6) is -0.722. The maximum absolute atomic E-state index is 11.7. The summed E-state index contributed by atoms with van der Waals surface area (Å²) >= 11 is 3.02. The number of aromatic hydroxyl groups is 1. The first-order chi connectivity index (χ1) is 21.3. The van der Waals surface area contributed by atoms with Gasteiger partial charge in [0.05, 0.1) is 13.1 Å². The second-order valence-corrected chi connectivity index (χ2v) is 10.3. The van der Waals surface area contributed by atoms with E-state index in [1.54, 1.807) is 0 Å². The Labute approximate surface area is 257 Å². The number of aromatic nitrogens is 6. The number of benzene rings is 4. The molecule has 0 aliphatic carbocycles. The summed E-state index contributed by atoms with van der Waals surface area (Å²) in [5, 5.41) is 16.8. The number of nitrogens with zero attached hydrogens (tertiary/aromatic N) is 4. The molecule has 4 aromatic carbocycles. The molecule has 0 saturated heterocycles. The highest BCUT2D eigenvalue weighted by Crippen LogP contribution is 2.20. The lowest BCUT2D eigenvalue weighted by Crippen LogP contribution is -2.33. The molecule has 220 valence electrons.